The molecular formula is C10H23NO6Si. The van der Waals surface area contributed by atoms with Gasteiger partial charge in [0.2, 0.25) is 0 Å². The highest BCUT2D eigenvalue weighted by molar-refractivity contribution is 6.55. The van der Waals surface area contributed by atoms with E-state index in [1.54, 1.807) is 20.8 Å². The molecule has 0 saturated carbocycles. The van der Waals surface area contributed by atoms with E-state index in [4.69, 9.17) is 28.2 Å². The van der Waals surface area contributed by atoms with Gasteiger partial charge < -0.3 is 28.2 Å². The van der Waals surface area contributed by atoms with Crippen molar-refractivity contribution in [2.24, 2.45) is 5.73 Å². The minimum Gasteiger partial charge on any atom is -0.435 e. The van der Waals surface area contributed by atoms with Crippen molar-refractivity contribution in [1.29, 1.82) is 0 Å². The molecule has 0 bridgehead atoms. The largest absolute Gasteiger partial charge is 0.754 e. The minimum absolute atomic E-state index is 0.199. The first kappa shape index (κ1) is 17.3. The summed E-state index contributed by atoms with van der Waals surface area (Å²) in [5, 5.41) is 0. The third-order valence-electron chi connectivity index (χ3n) is 1.74. The quantitative estimate of drug-likeness (QED) is 0.363. The van der Waals surface area contributed by atoms with Gasteiger partial charge in [0.25, 0.3) is 0 Å². The van der Waals surface area contributed by atoms with Gasteiger partial charge >= 0.3 is 15.2 Å². The summed E-state index contributed by atoms with van der Waals surface area (Å²) in [4.78, 5) is 11.5. The SMILES string of the molecule is CCO[Si](OCC)(OCC)OC(=O)OCCCN. The van der Waals surface area contributed by atoms with Gasteiger partial charge in [0.1, 0.15) is 0 Å². The molecule has 0 rings (SSSR count). The van der Waals surface area contributed by atoms with E-state index >= 15 is 0 Å². The molecule has 0 spiro atoms. The Hall–Kier alpha value is -0.673. The Morgan fingerprint density at radius 2 is 1.56 bits per heavy atom. The third kappa shape index (κ3) is 6.92. The minimum atomic E-state index is -3.42. The smallest absolute Gasteiger partial charge is 0.435 e. The van der Waals surface area contributed by atoms with E-state index in [1.165, 1.54) is 0 Å². The second-order valence-corrected chi connectivity index (χ2v) is 5.21. The highest BCUT2D eigenvalue weighted by atomic mass is 28.4. The molecule has 0 aliphatic rings. The summed E-state index contributed by atoms with van der Waals surface area (Å²) in [7, 11) is -3.42. The van der Waals surface area contributed by atoms with Crippen LogP contribution >= 0.6 is 0 Å². The summed E-state index contributed by atoms with van der Waals surface area (Å²) in [6, 6.07) is 0. The van der Waals surface area contributed by atoms with Crippen molar-refractivity contribution in [3.05, 3.63) is 0 Å². The summed E-state index contributed by atoms with van der Waals surface area (Å²) in [6.45, 7) is 6.91. The van der Waals surface area contributed by atoms with Crippen molar-refractivity contribution in [2.45, 2.75) is 27.2 Å². The zero-order chi connectivity index (χ0) is 13.9. The molecule has 8 heteroatoms. The van der Waals surface area contributed by atoms with Gasteiger partial charge in [-0.3, -0.25) is 0 Å². The van der Waals surface area contributed by atoms with Crippen LogP contribution in [-0.4, -0.2) is 48.2 Å². The predicted octanol–water partition coefficient (Wildman–Crippen LogP) is 1.03. The second-order valence-electron chi connectivity index (χ2n) is 3.14. The molecule has 0 aromatic heterocycles. The molecule has 18 heavy (non-hydrogen) atoms. The summed E-state index contributed by atoms with van der Waals surface area (Å²) in [5.74, 6) is 0. The number of ether oxygens (including phenoxy) is 1. The lowest BCUT2D eigenvalue weighted by Crippen LogP contribution is -2.50. The Labute approximate surface area is 109 Å². The maximum Gasteiger partial charge on any atom is 0.754 e. The van der Waals surface area contributed by atoms with E-state index in [0.717, 1.165) is 0 Å². The zero-order valence-electron chi connectivity index (χ0n) is 11.3. The molecule has 0 aliphatic heterocycles. The van der Waals surface area contributed by atoms with Crippen molar-refractivity contribution < 1.29 is 27.2 Å². The van der Waals surface area contributed by atoms with E-state index in [0.29, 0.717) is 32.8 Å². The summed E-state index contributed by atoms with van der Waals surface area (Å²) < 4.78 is 25.9. The van der Waals surface area contributed by atoms with E-state index in [1.807, 2.05) is 0 Å². The van der Waals surface area contributed by atoms with E-state index < -0.39 is 15.2 Å². The lowest BCUT2D eigenvalue weighted by Gasteiger charge is -2.25. The van der Waals surface area contributed by atoms with Crippen LogP contribution in [0.25, 0.3) is 0 Å². The van der Waals surface area contributed by atoms with Crippen molar-refractivity contribution in [1.82, 2.24) is 0 Å². The monoisotopic (exact) mass is 281 g/mol. The van der Waals surface area contributed by atoms with E-state index in [9.17, 15) is 4.79 Å². The molecule has 0 amide bonds. The van der Waals surface area contributed by atoms with Crippen LogP contribution in [0.1, 0.15) is 27.2 Å². The number of hydrogen-bond donors (Lipinski definition) is 1. The lowest BCUT2D eigenvalue weighted by molar-refractivity contribution is -0.0248. The molecule has 7 nitrogen and oxygen atoms in total. The van der Waals surface area contributed by atoms with Crippen molar-refractivity contribution >= 4 is 15.2 Å². The average molecular weight is 281 g/mol. The maximum absolute atomic E-state index is 11.5. The van der Waals surface area contributed by atoms with Gasteiger partial charge in [-0.25, -0.2) is 4.79 Å². The van der Waals surface area contributed by atoms with Gasteiger partial charge in [-0.1, -0.05) is 0 Å². The lowest BCUT2D eigenvalue weighted by atomic mass is 10.5. The Bertz CT molecular complexity index is 211. The number of rotatable bonds is 10. The Kier molecular flexibility index (Phi) is 9.88. The van der Waals surface area contributed by atoms with Gasteiger partial charge in [-0.15, -0.1) is 0 Å². The van der Waals surface area contributed by atoms with Crippen LogP contribution in [0.5, 0.6) is 0 Å². The molecule has 0 atom stereocenters. The maximum atomic E-state index is 11.5. The number of hydrogen-bond acceptors (Lipinski definition) is 7. The highest BCUT2D eigenvalue weighted by Gasteiger charge is 2.50. The first-order valence-corrected chi connectivity index (χ1v) is 7.75. The van der Waals surface area contributed by atoms with Gasteiger partial charge in [0.15, 0.2) is 0 Å². The van der Waals surface area contributed by atoms with Crippen molar-refractivity contribution in [2.75, 3.05) is 33.0 Å². The van der Waals surface area contributed by atoms with Crippen LogP contribution in [-0.2, 0) is 22.4 Å². The van der Waals surface area contributed by atoms with Crippen LogP contribution < -0.4 is 5.73 Å². The van der Waals surface area contributed by atoms with E-state index in [2.05, 4.69) is 0 Å². The average Bonchev–Trinajstić information content (AvgIpc) is 2.30. The summed E-state index contributed by atoms with van der Waals surface area (Å²) in [5.41, 5.74) is 5.29. The Balaban J connectivity index is 4.39. The normalized spacial score (nSPS) is 11.3. The van der Waals surface area contributed by atoms with E-state index in [-0.39, 0.29) is 6.61 Å². The third-order valence-corrected chi connectivity index (χ3v) is 4.08. The molecule has 2 N–H and O–H groups in total. The van der Waals surface area contributed by atoms with Gasteiger partial charge in [0.05, 0.1) is 6.61 Å². The fourth-order valence-corrected chi connectivity index (χ4v) is 2.86. The summed E-state index contributed by atoms with van der Waals surface area (Å²) >= 11 is 0. The molecule has 0 heterocycles. The van der Waals surface area contributed by atoms with Crippen LogP contribution in [0.4, 0.5) is 4.79 Å². The number of carbonyl (C=O) groups is 1. The second kappa shape index (κ2) is 10.3. The topological polar surface area (TPSA) is 89.2 Å². The van der Waals surface area contributed by atoms with Gasteiger partial charge in [-0.2, -0.15) is 0 Å². The molecular weight excluding hydrogens is 258 g/mol. The molecule has 0 unspecified atom stereocenters. The predicted molar refractivity (Wildman–Crippen MR) is 66.7 cm³/mol. The van der Waals surface area contributed by atoms with Crippen molar-refractivity contribution in [3.8, 4) is 0 Å². The number of carbonyl (C=O) groups excluding carboxylic acids is 1. The fraction of sp³-hybridized carbons (Fsp3) is 0.900. The molecule has 108 valence electrons. The molecule has 0 aromatic rings. The first-order valence-electron chi connectivity index (χ1n) is 6.11. The highest BCUT2D eigenvalue weighted by Crippen LogP contribution is 2.13. The molecule has 0 aliphatic carbocycles. The first-order chi connectivity index (χ1) is 8.64. The standard InChI is InChI=1S/C10H23NO6Si/c1-4-14-18(15-5-2,16-6-3)17-10(12)13-9-7-8-11/h4-9,11H2,1-3H3. The molecule has 0 aromatic carbocycles. The molecule has 0 fully saturated rings. The Morgan fingerprint density at radius 1 is 1.06 bits per heavy atom. The Morgan fingerprint density at radius 3 is 1.94 bits per heavy atom. The van der Waals surface area contributed by atoms with Crippen LogP contribution in [0, 0.1) is 0 Å². The van der Waals surface area contributed by atoms with Crippen LogP contribution in [0.3, 0.4) is 0 Å². The zero-order valence-corrected chi connectivity index (χ0v) is 12.3. The van der Waals surface area contributed by atoms with Gasteiger partial charge in [0, 0.05) is 19.8 Å². The number of nitrogens with two attached hydrogens (primary N) is 1. The van der Waals surface area contributed by atoms with Crippen molar-refractivity contribution in [3.63, 3.8) is 0 Å². The fourth-order valence-electron chi connectivity index (χ4n) is 1.11. The molecule has 0 radical (unpaired) electrons. The van der Waals surface area contributed by atoms with Crippen LogP contribution in [0.2, 0.25) is 0 Å². The van der Waals surface area contributed by atoms with Crippen LogP contribution in [0.15, 0.2) is 0 Å². The summed E-state index contributed by atoms with van der Waals surface area (Å²) in [6.07, 6.45) is -0.285. The van der Waals surface area contributed by atoms with Gasteiger partial charge in [-0.05, 0) is 33.7 Å². The molecule has 0 saturated heterocycles.